The van der Waals surface area contributed by atoms with E-state index < -0.39 is 0 Å². The van der Waals surface area contributed by atoms with Gasteiger partial charge >= 0.3 is 0 Å². The number of piperazine rings is 1. The standard InChI is InChI=1S/C13H28N2/c1-3-4-5-6-7-8-9-15-12-10-14(2)11-13-15/h3-13H2,1-2H3/p+2. The summed E-state index contributed by atoms with van der Waals surface area (Å²) in [5.41, 5.74) is 0. The first-order chi connectivity index (χ1) is 7.33. The number of likely N-dealkylation sites (N-methyl/N-ethyl adjacent to an activating group) is 1. The molecular formula is C13H30N2+2. The first-order valence-electron chi connectivity index (χ1n) is 6.97. The fraction of sp³-hybridized carbons (Fsp3) is 1.00. The fourth-order valence-electron chi connectivity index (χ4n) is 2.44. The molecule has 0 aromatic heterocycles. The lowest BCUT2D eigenvalue weighted by molar-refractivity contribution is -1.00. The van der Waals surface area contributed by atoms with E-state index in [2.05, 4.69) is 14.0 Å². The van der Waals surface area contributed by atoms with E-state index in [4.69, 9.17) is 0 Å². The van der Waals surface area contributed by atoms with Crippen molar-refractivity contribution in [2.45, 2.75) is 45.4 Å². The molecule has 1 fully saturated rings. The molecule has 0 aromatic rings. The zero-order valence-corrected chi connectivity index (χ0v) is 10.8. The fourth-order valence-corrected chi connectivity index (χ4v) is 2.44. The lowest BCUT2D eigenvalue weighted by Gasteiger charge is -2.27. The van der Waals surface area contributed by atoms with Gasteiger partial charge in [0.1, 0.15) is 26.2 Å². The maximum absolute atomic E-state index is 2.32. The summed E-state index contributed by atoms with van der Waals surface area (Å²) in [6, 6.07) is 0. The molecule has 0 atom stereocenters. The summed E-state index contributed by atoms with van der Waals surface area (Å²) in [5, 5.41) is 0. The summed E-state index contributed by atoms with van der Waals surface area (Å²) in [4.78, 5) is 3.58. The summed E-state index contributed by atoms with van der Waals surface area (Å²) < 4.78 is 0. The Morgan fingerprint density at radius 3 is 2.07 bits per heavy atom. The van der Waals surface area contributed by atoms with E-state index in [0.29, 0.717) is 0 Å². The molecule has 2 N–H and O–H groups in total. The van der Waals surface area contributed by atoms with Crippen molar-refractivity contribution in [3.8, 4) is 0 Å². The highest BCUT2D eigenvalue weighted by atomic mass is 15.2. The molecule has 1 saturated heterocycles. The Bertz CT molecular complexity index is 139. The van der Waals surface area contributed by atoms with E-state index in [1.165, 1.54) is 71.2 Å². The van der Waals surface area contributed by atoms with Crippen LogP contribution in [0, 0.1) is 0 Å². The highest BCUT2D eigenvalue weighted by Crippen LogP contribution is 2.03. The van der Waals surface area contributed by atoms with E-state index in [1.807, 2.05) is 4.90 Å². The second kappa shape index (κ2) is 8.12. The van der Waals surface area contributed by atoms with Crippen LogP contribution >= 0.6 is 0 Å². The third kappa shape index (κ3) is 6.16. The summed E-state index contributed by atoms with van der Waals surface area (Å²) >= 11 is 0. The van der Waals surface area contributed by atoms with Crippen LogP contribution in [0.25, 0.3) is 0 Å². The molecule has 0 aliphatic carbocycles. The highest BCUT2D eigenvalue weighted by molar-refractivity contribution is 4.44. The second-order valence-corrected chi connectivity index (χ2v) is 5.22. The Hall–Kier alpha value is -0.0800. The highest BCUT2D eigenvalue weighted by Gasteiger charge is 2.18. The van der Waals surface area contributed by atoms with Crippen molar-refractivity contribution in [1.82, 2.24) is 0 Å². The lowest BCUT2D eigenvalue weighted by Crippen LogP contribution is -3.27. The van der Waals surface area contributed by atoms with E-state index in [-0.39, 0.29) is 0 Å². The Morgan fingerprint density at radius 1 is 0.800 bits per heavy atom. The molecule has 1 aliphatic heterocycles. The Morgan fingerprint density at radius 2 is 1.40 bits per heavy atom. The molecule has 0 amide bonds. The molecule has 0 unspecified atom stereocenters. The molecule has 0 saturated carbocycles. The van der Waals surface area contributed by atoms with Gasteiger partial charge in [0, 0.05) is 0 Å². The van der Waals surface area contributed by atoms with Gasteiger partial charge < -0.3 is 9.80 Å². The molecule has 90 valence electrons. The number of quaternary nitrogens is 2. The van der Waals surface area contributed by atoms with Crippen LogP contribution in [0.1, 0.15) is 45.4 Å². The van der Waals surface area contributed by atoms with Crippen LogP contribution in [0.4, 0.5) is 0 Å². The van der Waals surface area contributed by atoms with E-state index in [0.717, 1.165) is 0 Å². The molecule has 0 radical (unpaired) electrons. The minimum Gasteiger partial charge on any atom is -0.328 e. The Kier molecular flexibility index (Phi) is 7.03. The zero-order chi connectivity index (χ0) is 10.9. The zero-order valence-electron chi connectivity index (χ0n) is 10.8. The molecule has 1 heterocycles. The first-order valence-corrected chi connectivity index (χ1v) is 6.97. The molecule has 1 aliphatic rings. The quantitative estimate of drug-likeness (QED) is 0.541. The van der Waals surface area contributed by atoms with E-state index in [1.54, 1.807) is 4.90 Å². The van der Waals surface area contributed by atoms with Gasteiger partial charge in [-0.1, -0.05) is 32.6 Å². The van der Waals surface area contributed by atoms with Crippen LogP contribution < -0.4 is 9.80 Å². The average Bonchev–Trinajstić information content (AvgIpc) is 2.26. The first kappa shape index (κ1) is 13.0. The van der Waals surface area contributed by atoms with E-state index in [9.17, 15) is 0 Å². The minimum absolute atomic E-state index is 1.37. The third-order valence-corrected chi connectivity index (χ3v) is 3.69. The second-order valence-electron chi connectivity index (χ2n) is 5.22. The van der Waals surface area contributed by atoms with Gasteiger partial charge in [-0.2, -0.15) is 0 Å². The maximum atomic E-state index is 2.32. The smallest absolute Gasteiger partial charge is 0.127 e. The van der Waals surface area contributed by atoms with Gasteiger partial charge in [0.15, 0.2) is 0 Å². The van der Waals surface area contributed by atoms with Crippen LogP contribution in [-0.4, -0.2) is 39.8 Å². The van der Waals surface area contributed by atoms with Crippen LogP contribution in [0.15, 0.2) is 0 Å². The molecule has 0 spiro atoms. The average molecular weight is 214 g/mol. The number of hydrogen-bond acceptors (Lipinski definition) is 0. The van der Waals surface area contributed by atoms with E-state index >= 15 is 0 Å². The number of unbranched alkanes of at least 4 members (excludes halogenated alkanes) is 5. The molecule has 2 nitrogen and oxygen atoms in total. The van der Waals surface area contributed by atoms with Crippen LogP contribution in [0.3, 0.4) is 0 Å². The van der Waals surface area contributed by atoms with Crippen molar-refractivity contribution in [1.29, 1.82) is 0 Å². The third-order valence-electron chi connectivity index (χ3n) is 3.69. The Balaban J connectivity index is 1.87. The van der Waals surface area contributed by atoms with Crippen molar-refractivity contribution in [3.63, 3.8) is 0 Å². The summed E-state index contributed by atoms with van der Waals surface area (Å²) in [5.74, 6) is 0. The topological polar surface area (TPSA) is 8.88 Å². The molecule has 0 bridgehead atoms. The van der Waals surface area contributed by atoms with Gasteiger partial charge in [-0.3, -0.25) is 0 Å². The molecule has 15 heavy (non-hydrogen) atoms. The monoisotopic (exact) mass is 214 g/mol. The minimum atomic E-state index is 1.37. The molecule has 0 aromatic carbocycles. The summed E-state index contributed by atoms with van der Waals surface area (Å²) in [6.45, 7) is 9.29. The summed E-state index contributed by atoms with van der Waals surface area (Å²) in [7, 11) is 2.32. The van der Waals surface area contributed by atoms with Crippen LogP contribution in [0.5, 0.6) is 0 Å². The molecular weight excluding hydrogens is 184 g/mol. The van der Waals surface area contributed by atoms with Crippen LogP contribution in [0.2, 0.25) is 0 Å². The number of rotatable bonds is 7. The van der Waals surface area contributed by atoms with Crippen molar-refractivity contribution >= 4 is 0 Å². The SMILES string of the molecule is CCCCCCCC[NH+]1CC[NH+](C)CC1. The lowest BCUT2D eigenvalue weighted by atomic mass is 10.1. The predicted octanol–water partition coefficient (Wildman–Crippen LogP) is -0.240. The molecule has 1 rings (SSSR count). The van der Waals surface area contributed by atoms with Crippen molar-refractivity contribution in [3.05, 3.63) is 0 Å². The Labute approximate surface area is 95.6 Å². The van der Waals surface area contributed by atoms with Gasteiger partial charge in [0.05, 0.1) is 13.6 Å². The van der Waals surface area contributed by atoms with Crippen LogP contribution in [-0.2, 0) is 0 Å². The normalized spacial score (nSPS) is 26.8. The van der Waals surface area contributed by atoms with Gasteiger partial charge in [-0.15, -0.1) is 0 Å². The summed E-state index contributed by atoms with van der Waals surface area (Å²) in [6.07, 6.45) is 8.65. The molecule has 2 heteroatoms. The van der Waals surface area contributed by atoms with Gasteiger partial charge in [0.25, 0.3) is 0 Å². The van der Waals surface area contributed by atoms with Gasteiger partial charge in [-0.05, 0) is 12.8 Å². The number of hydrogen-bond donors (Lipinski definition) is 2. The van der Waals surface area contributed by atoms with Crippen molar-refractivity contribution in [2.24, 2.45) is 0 Å². The largest absolute Gasteiger partial charge is 0.328 e. The number of nitrogens with one attached hydrogen (secondary N) is 2. The predicted molar refractivity (Wildman–Crippen MR) is 65.6 cm³/mol. The maximum Gasteiger partial charge on any atom is 0.127 e. The van der Waals surface area contributed by atoms with Crippen molar-refractivity contribution < 1.29 is 9.80 Å². The van der Waals surface area contributed by atoms with Crippen molar-refractivity contribution in [2.75, 3.05) is 39.8 Å². The van der Waals surface area contributed by atoms with Gasteiger partial charge in [-0.25, -0.2) is 0 Å². The van der Waals surface area contributed by atoms with Gasteiger partial charge in [0.2, 0.25) is 0 Å².